The van der Waals surface area contributed by atoms with Gasteiger partial charge in [0.05, 0.1) is 5.69 Å². The van der Waals surface area contributed by atoms with Gasteiger partial charge in [-0.15, -0.1) is 0 Å². The topological polar surface area (TPSA) is 78.4 Å². The Balaban J connectivity index is 2.54. The molecule has 0 spiro atoms. The standard InChI is InChI=1S/C13H16F2N2O3/c1-8(5-6-18)7-16-12(19)13(20)17-10-4-2-3-9(14)11(10)15/h2-4,8,18H,5-7H2,1H3,(H,16,19)(H,17,20). The number of aliphatic hydroxyl groups is 1. The van der Waals surface area contributed by atoms with Crippen LogP contribution in [0.4, 0.5) is 14.5 Å². The molecule has 1 aromatic rings. The van der Waals surface area contributed by atoms with Crippen LogP contribution in [0.15, 0.2) is 18.2 Å². The van der Waals surface area contributed by atoms with E-state index in [-0.39, 0.29) is 19.1 Å². The molecule has 0 aliphatic heterocycles. The molecule has 0 aromatic heterocycles. The smallest absolute Gasteiger partial charge is 0.313 e. The first-order chi connectivity index (χ1) is 9.45. The highest BCUT2D eigenvalue weighted by Gasteiger charge is 2.17. The molecule has 3 N–H and O–H groups in total. The van der Waals surface area contributed by atoms with Crippen LogP contribution in [0.1, 0.15) is 13.3 Å². The third-order valence-electron chi connectivity index (χ3n) is 2.64. The molecule has 1 atom stereocenters. The Kier molecular flexibility index (Phi) is 6.05. The number of carbonyl (C=O) groups excluding carboxylic acids is 2. The highest BCUT2D eigenvalue weighted by molar-refractivity contribution is 6.39. The number of nitrogens with one attached hydrogen (secondary N) is 2. The Morgan fingerprint density at radius 1 is 1.30 bits per heavy atom. The molecule has 0 heterocycles. The number of halogens is 2. The van der Waals surface area contributed by atoms with Gasteiger partial charge in [0.1, 0.15) is 0 Å². The number of amides is 2. The number of anilines is 1. The largest absolute Gasteiger partial charge is 0.396 e. The van der Waals surface area contributed by atoms with Crippen LogP contribution in [0.25, 0.3) is 0 Å². The Labute approximate surface area is 115 Å². The quantitative estimate of drug-likeness (QED) is 0.708. The molecule has 0 saturated carbocycles. The third kappa shape index (κ3) is 4.58. The van der Waals surface area contributed by atoms with Crippen molar-refractivity contribution in [1.82, 2.24) is 5.32 Å². The first kappa shape index (κ1) is 16.0. The lowest BCUT2D eigenvalue weighted by Crippen LogP contribution is -2.38. The van der Waals surface area contributed by atoms with Crippen molar-refractivity contribution in [2.24, 2.45) is 5.92 Å². The Morgan fingerprint density at radius 3 is 2.65 bits per heavy atom. The highest BCUT2D eigenvalue weighted by Crippen LogP contribution is 2.16. The van der Waals surface area contributed by atoms with Gasteiger partial charge in [-0.25, -0.2) is 8.78 Å². The second kappa shape index (κ2) is 7.54. The van der Waals surface area contributed by atoms with Gasteiger partial charge in [0.15, 0.2) is 11.6 Å². The van der Waals surface area contributed by atoms with Crippen molar-refractivity contribution in [2.75, 3.05) is 18.5 Å². The van der Waals surface area contributed by atoms with Gasteiger partial charge in [0.2, 0.25) is 0 Å². The van der Waals surface area contributed by atoms with Gasteiger partial charge in [-0.2, -0.15) is 0 Å². The van der Waals surface area contributed by atoms with E-state index in [4.69, 9.17) is 5.11 Å². The maximum absolute atomic E-state index is 13.3. The van der Waals surface area contributed by atoms with Gasteiger partial charge in [-0.3, -0.25) is 9.59 Å². The van der Waals surface area contributed by atoms with Crippen LogP contribution in [0, 0.1) is 17.6 Å². The van der Waals surface area contributed by atoms with E-state index in [1.807, 2.05) is 5.32 Å². The normalized spacial score (nSPS) is 11.8. The molecule has 2 amide bonds. The Hall–Kier alpha value is -2.02. The maximum Gasteiger partial charge on any atom is 0.313 e. The summed E-state index contributed by atoms with van der Waals surface area (Å²) < 4.78 is 26.2. The summed E-state index contributed by atoms with van der Waals surface area (Å²) in [5, 5.41) is 13.0. The predicted octanol–water partition coefficient (Wildman–Crippen LogP) is 1.04. The number of aliphatic hydroxyl groups excluding tert-OH is 1. The van der Waals surface area contributed by atoms with Crippen LogP contribution in [0.2, 0.25) is 0 Å². The SMILES string of the molecule is CC(CCO)CNC(=O)C(=O)Nc1cccc(F)c1F. The van der Waals surface area contributed by atoms with Gasteiger partial charge in [0.25, 0.3) is 0 Å². The summed E-state index contributed by atoms with van der Waals surface area (Å²) >= 11 is 0. The summed E-state index contributed by atoms with van der Waals surface area (Å²) in [7, 11) is 0. The van der Waals surface area contributed by atoms with E-state index >= 15 is 0 Å². The molecule has 0 radical (unpaired) electrons. The number of carbonyl (C=O) groups is 2. The molecule has 0 fully saturated rings. The van der Waals surface area contributed by atoms with Crippen molar-refractivity contribution in [3.8, 4) is 0 Å². The van der Waals surface area contributed by atoms with Crippen LogP contribution < -0.4 is 10.6 Å². The molecule has 0 saturated heterocycles. The monoisotopic (exact) mass is 286 g/mol. The lowest BCUT2D eigenvalue weighted by atomic mass is 10.1. The van der Waals surface area contributed by atoms with E-state index in [9.17, 15) is 18.4 Å². The lowest BCUT2D eigenvalue weighted by molar-refractivity contribution is -0.136. The van der Waals surface area contributed by atoms with Crippen molar-refractivity contribution < 1.29 is 23.5 Å². The van der Waals surface area contributed by atoms with E-state index in [1.54, 1.807) is 6.92 Å². The van der Waals surface area contributed by atoms with E-state index in [0.717, 1.165) is 12.1 Å². The molecule has 1 aromatic carbocycles. The highest BCUT2D eigenvalue weighted by atomic mass is 19.2. The molecule has 20 heavy (non-hydrogen) atoms. The Morgan fingerprint density at radius 2 is 2.00 bits per heavy atom. The van der Waals surface area contributed by atoms with Crippen LogP contribution in [0.5, 0.6) is 0 Å². The van der Waals surface area contributed by atoms with Gasteiger partial charge in [-0.05, 0) is 24.5 Å². The second-order valence-electron chi connectivity index (χ2n) is 4.38. The molecule has 7 heteroatoms. The van der Waals surface area contributed by atoms with Crippen LogP contribution in [0.3, 0.4) is 0 Å². The van der Waals surface area contributed by atoms with Crippen molar-refractivity contribution in [3.05, 3.63) is 29.8 Å². The molecule has 0 aliphatic carbocycles. The van der Waals surface area contributed by atoms with Crippen LogP contribution >= 0.6 is 0 Å². The fourth-order valence-corrected chi connectivity index (χ4v) is 1.45. The summed E-state index contributed by atoms with van der Waals surface area (Å²) in [6.07, 6.45) is 0.487. The zero-order chi connectivity index (χ0) is 15.1. The van der Waals surface area contributed by atoms with Crippen LogP contribution in [-0.4, -0.2) is 30.1 Å². The summed E-state index contributed by atoms with van der Waals surface area (Å²) in [5.41, 5.74) is -0.395. The molecule has 1 rings (SSSR count). The first-order valence-electron chi connectivity index (χ1n) is 6.09. The molecule has 110 valence electrons. The third-order valence-corrected chi connectivity index (χ3v) is 2.64. The van der Waals surface area contributed by atoms with Gasteiger partial charge in [-0.1, -0.05) is 13.0 Å². The van der Waals surface area contributed by atoms with Gasteiger partial charge < -0.3 is 15.7 Å². The number of hydrogen-bond donors (Lipinski definition) is 3. The van der Waals surface area contributed by atoms with E-state index < -0.39 is 29.1 Å². The van der Waals surface area contributed by atoms with Crippen molar-refractivity contribution in [2.45, 2.75) is 13.3 Å². The first-order valence-corrected chi connectivity index (χ1v) is 6.09. The minimum Gasteiger partial charge on any atom is -0.396 e. The molecule has 5 nitrogen and oxygen atoms in total. The van der Waals surface area contributed by atoms with Crippen molar-refractivity contribution >= 4 is 17.5 Å². The van der Waals surface area contributed by atoms with Gasteiger partial charge >= 0.3 is 11.8 Å². The number of benzene rings is 1. The minimum absolute atomic E-state index is 0.00246. The van der Waals surface area contributed by atoms with Crippen molar-refractivity contribution in [3.63, 3.8) is 0 Å². The van der Waals surface area contributed by atoms with Crippen molar-refractivity contribution in [1.29, 1.82) is 0 Å². The summed E-state index contributed by atoms with van der Waals surface area (Å²) in [6.45, 7) is 1.98. The second-order valence-corrected chi connectivity index (χ2v) is 4.38. The summed E-state index contributed by atoms with van der Waals surface area (Å²) in [5.74, 6) is -4.35. The zero-order valence-corrected chi connectivity index (χ0v) is 11.0. The van der Waals surface area contributed by atoms with E-state index in [0.29, 0.717) is 6.42 Å². The van der Waals surface area contributed by atoms with Gasteiger partial charge in [0, 0.05) is 13.2 Å². The van der Waals surface area contributed by atoms with E-state index in [1.165, 1.54) is 6.07 Å². The molecular formula is C13H16F2N2O3. The lowest BCUT2D eigenvalue weighted by Gasteiger charge is -2.11. The number of hydrogen-bond acceptors (Lipinski definition) is 3. The maximum atomic E-state index is 13.3. The van der Waals surface area contributed by atoms with E-state index in [2.05, 4.69) is 5.32 Å². The fraction of sp³-hybridized carbons (Fsp3) is 0.385. The molecule has 0 aliphatic rings. The average Bonchev–Trinajstić information content (AvgIpc) is 2.41. The fourth-order valence-electron chi connectivity index (χ4n) is 1.45. The summed E-state index contributed by atoms with van der Waals surface area (Å²) in [4.78, 5) is 22.9. The molecular weight excluding hydrogens is 270 g/mol. The minimum atomic E-state index is -1.22. The molecule has 1 unspecified atom stereocenters. The number of rotatable bonds is 5. The average molecular weight is 286 g/mol. The zero-order valence-electron chi connectivity index (χ0n) is 11.0. The predicted molar refractivity (Wildman–Crippen MR) is 68.9 cm³/mol. The van der Waals surface area contributed by atoms with Crippen LogP contribution in [-0.2, 0) is 9.59 Å². The Bertz CT molecular complexity index is 495. The summed E-state index contributed by atoms with van der Waals surface area (Å²) in [6, 6.07) is 3.27. The molecule has 0 bridgehead atoms.